The number of nitro benzene ring substituents is 1. The first-order valence-corrected chi connectivity index (χ1v) is 6.48. The van der Waals surface area contributed by atoms with Gasteiger partial charge in [-0.1, -0.05) is 13.0 Å². The summed E-state index contributed by atoms with van der Waals surface area (Å²) >= 11 is 0. The highest BCUT2D eigenvalue weighted by Gasteiger charge is 2.06. The minimum Gasteiger partial charge on any atom is -0.258 e. The zero-order valence-corrected chi connectivity index (χ0v) is 9.36. The molecule has 1 aromatic carbocycles. The van der Waals surface area contributed by atoms with E-state index in [0.29, 0.717) is 11.4 Å². The highest BCUT2D eigenvalue weighted by molar-refractivity contribution is 7.93. The van der Waals surface area contributed by atoms with Crippen LogP contribution in [0.5, 0.6) is 0 Å². The van der Waals surface area contributed by atoms with Crippen molar-refractivity contribution < 1.29 is 9.13 Å². The van der Waals surface area contributed by atoms with E-state index < -0.39 is 14.7 Å². The third kappa shape index (κ3) is 3.32. The Balaban J connectivity index is 3.18. The van der Waals surface area contributed by atoms with Crippen LogP contribution < -0.4 is 0 Å². The van der Waals surface area contributed by atoms with E-state index in [1.807, 2.05) is 0 Å². The second kappa shape index (κ2) is 4.39. The Bertz CT molecular complexity index is 490. The molecule has 0 amide bonds. The normalized spacial score (nSPS) is 14.3. The molecule has 0 unspecified atom stereocenters. The maximum atomic E-state index is 11.7. The second-order valence-electron chi connectivity index (χ2n) is 3.12. The van der Waals surface area contributed by atoms with Crippen LogP contribution in [0.2, 0.25) is 0 Å². The smallest absolute Gasteiger partial charge is 0.258 e. The quantitative estimate of drug-likeness (QED) is 0.588. The molecule has 0 bridgehead atoms. The zero-order valence-electron chi connectivity index (χ0n) is 8.54. The van der Waals surface area contributed by atoms with Crippen molar-refractivity contribution in [3.63, 3.8) is 0 Å². The maximum Gasteiger partial charge on any atom is 0.271 e. The minimum absolute atomic E-state index is 0.0393. The van der Waals surface area contributed by atoms with E-state index in [0.717, 1.165) is 0 Å². The fraction of sp³-hybridized carbons (Fsp3) is 0.333. The van der Waals surface area contributed by atoms with Crippen LogP contribution in [0.25, 0.3) is 0 Å². The van der Waals surface area contributed by atoms with Gasteiger partial charge in [0.1, 0.15) is 0 Å². The van der Waals surface area contributed by atoms with Gasteiger partial charge in [-0.25, -0.2) is 4.21 Å². The Hall–Kier alpha value is -1.43. The number of nitro groups is 1. The van der Waals surface area contributed by atoms with E-state index in [-0.39, 0.29) is 5.69 Å². The lowest BCUT2D eigenvalue weighted by atomic mass is 10.3. The summed E-state index contributed by atoms with van der Waals surface area (Å²) in [4.78, 5) is 9.98. The van der Waals surface area contributed by atoms with E-state index in [1.54, 1.807) is 13.0 Å². The van der Waals surface area contributed by atoms with Crippen LogP contribution >= 0.6 is 0 Å². The van der Waals surface area contributed by atoms with Gasteiger partial charge in [0.05, 0.1) is 10.6 Å². The molecule has 0 aliphatic rings. The minimum atomic E-state index is -2.26. The first-order valence-electron chi connectivity index (χ1n) is 4.39. The van der Waals surface area contributed by atoms with Gasteiger partial charge in [0.25, 0.3) is 5.69 Å². The highest BCUT2D eigenvalue weighted by Crippen LogP contribution is 2.20. The molecule has 1 atom stereocenters. The lowest BCUT2D eigenvalue weighted by Gasteiger charge is -1.99. The Labute approximate surface area is 88.5 Å². The van der Waals surface area contributed by atoms with Crippen molar-refractivity contribution >= 4 is 21.1 Å². The molecule has 0 heterocycles. The van der Waals surface area contributed by atoms with Crippen LogP contribution in [0.15, 0.2) is 28.6 Å². The van der Waals surface area contributed by atoms with Crippen LogP contribution in [-0.4, -0.2) is 21.1 Å². The predicted octanol–water partition coefficient (Wildman–Crippen LogP) is 2.34. The third-order valence-corrected chi connectivity index (χ3v) is 3.54. The van der Waals surface area contributed by atoms with Crippen LogP contribution in [0.4, 0.5) is 11.4 Å². The lowest BCUT2D eigenvalue weighted by molar-refractivity contribution is -0.384. The van der Waals surface area contributed by atoms with E-state index >= 15 is 0 Å². The Kier molecular flexibility index (Phi) is 3.41. The third-order valence-electron chi connectivity index (χ3n) is 1.87. The average Bonchev–Trinajstić information content (AvgIpc) is 2.17. The van der Waals surface area contributed by atoms with E-state index in [2.05, 4.69) is 4.36 Å². The molecule has 0 saturated carbocycles. The van der Waals surface area contributed by atoms with Crippen molar-refractivity contribution in [1.82, 2.24) is 0 Å². The molecule has 1 aromatic rings. The predicted molar refractivity (Wildman–Crippen MR) is 59.8 cm³/mol. The average molecular weight is 228 g/mol. The van der Waals surface area contributed by atoms with Crippen LogP contribution in [0, 0.1) is 10.1 Å². The van der Waals surface area contributed by atoms with Gasteiger partial charge in [0, 0.05) is 33.9 Å². The second-order valence-corrected chi connectivity index (χ2v) is 5.80. The number of hydrogen-bond acceptors (Lipinski definition) is 4. The zero-order chi connectivity index (χ0) is 11.5. The van der Waals surface area contributed by atoms with Crippen molar-refractivity contribution in [3.05, 3.63) is 34.4 Å². The van der Waals surface area contributed by atoms with Gasteiger partial charge in [-0.2, -0.15) is 4.36 Å². The van der Waals surface area contributed by atoms with Crippen LogP contribution in [0.3, 0.4) is 0 Å². The topological polar surface area (TPSA) is 72.6 Å². The molecule has 0 aliphatic carbocycles. The Morgan fingerprint density at radius 2 is 2.20 bits per heavy atom. The molecule has 0 spiro atoms. The van der Waals surface area contributed by atoms with E-state index in [1.165, 1.54) is 24.5 Å². The summed E-state index contributed by atoms with van der Waals surface area (Å²) in [5.41, 5.74) is 0.348. The molecule has 0 saturated heterocycles. The van der Waals surface area contributed by atoms with Gasteiger partial charge < -0.3 is 0 Å². The first-order chi connectivity index (χ1) is 6.94. The number of nitrogens with zero attached hydrogens (tertiary/aromatic N) is 2. The molecule has 82 valence electrons. The first kappa shape index (κ1) is 11.6. The molecule has 0 fully saturated rings. The molecule has 1 rings (SSSR count). The molecular formula is C9H12N2O3S. The number of benzene rings is 1. The highest BCUT2D eigenvalue weighted by atomic mass is 32.2. The fourth-order valence-electron chi connectivity index (χ4n) is 0.951. The molecule has 5 nitrogen and oxygen atoms in total. The standard InChI is InChI=1S/C9H12N2O3S/c1-3-15(2,14)10-8-5-4-6-9(7-8)11(12)13/h4-7H,3H2,1-2H3/t15-/m0/s1. The van der Waals surface area contributed by atoms with Crippen molar-refractivity contribution in [2.24, 2.45) is 4.36 Å². The molecule has 6 heteroatoms. The molecule has 0 aromatic heterocycles. The van der Waals surface area contributed by atoms with Crippen molar-refractivity contribution in [3.8, 4) is 0 Å². The van der Waals surface area contributed by atoms with Gasteiger partial charge in [0.2, 0.25) is 0 Å². The van der Waals surface area contributed by atoms with E-state index in [9.17, 15) is 14.3 Å². The Morgan fingerprint density at radius 3 is 2.73 bits per heavy atom. The number of rotatable bonds is 3. The van der Waals surface area contributed by atoms with Gasteiger partial charge in [-0.3, -0.25) is 10.1 Å². The largest absolute Gasteiger partial charge is 0.271 e. The van der Waals surface area contributed by atoms with Gasteiger partial charge in [-0.15, -0.1) is 0 Å². The molecular weight excluding hydrogens is 216 g/mol. The summed E-state index contributed by atoms with van der Waals surface area (Å²) in [5.74, 6) is 0.426. The van der Waals surface area contributed by atoms with Crippen molar-refractivity contribution in [2.45, 2.75) is 6.92 Å². The summed E-state index contributed by atoms with van der Waals surface area (Å²) in [6.07, 6.45) is 1.53. The monoisotopic (exact) mass is 228 g/mol. The molecule has 0 N–H and O–H groups in total. The summed E-state index contributed by atoms with van der Waals surface area (Å²) in [6, 6.07) is 5.83. The van der Waals surface area contributed by atoms with Gasteiger partial charge >= 0.3 is 0 Å². The van der Waals surface area contributed by atoms with Crippen molar-refractivity contribution in [1.29, 1.82) is 0 Å². The van der Waals surface area contributed by atoms with Crippen LogP contribution in [0.1, 0.15) is 6.92 Å². The Morgan fingerprint density at radius 1 is 1.53 bits per heavy atom. The molecule has 0 aliphatic heterocycles. The van der Waals surface area contributed by atoms with Crippen molar-refractivity contribution in [2.75, 3.05) is 12.0 Å². The van der Waals surface area contributed by atoms with Gasteiger partial charge in [0.15, 0.2) is 0 Å². The SMILES string of the molecule is CC[S@](C)(=O)=Nc1cccc([N+](=O)[O-])c1. The summed E-state index contributed by atoms with van der Waals surface area (Å²) < 4.78 is 15.6. The van der Waals surface area contributed by atoms with E-state index in [4.69, 9.17) is 0 Å². The fourth-order valence-corrected chi connectivity index (χ4v) is 1.64. The summed E-state index contributed by atoms with van der Waals surface area (Å²) in [5, 5.41) is 10.5. The maximum absolute atomic E-state index is 11.7. The summed E-state index contributed by atoms with van der Waals surface area (Å²) in [7, 11) is -2.26. The van der Waals surface area contributed by atoms with Crippen LogP contribution in [-0.2, 0) is 9.73 Å². The lowest BCUT2D eigenvalue weighted by Crippen LogP contribution is -1.97. The molecule has 0 radical (unpaired) electrons. The van der Waals surface area contributed by atoms with Gasteiger partial charge in [-0.05, 0) is 6.07 Å². The number of hydrogen-bond donors (Lipinski definition) is 0. The molecule has 15 heavy (non-hydrogen) atoms. The summed E-state index contributed by atoms with van der Waals surface area (Å²) in [6.45, 7) is 1.77. The number of non-ortho nitro benzene ring substituents is 1.